The smallest absolute Gasteiger partial charge is 0.336 e. The van der Waals surface area contributed by atoms with Gasteiger partial charge in [-0.15, -0.1) is 0 Å². The van der Waals surface area contributed by atoms with Crippen molar-refractivity contribution >= 4 is 21.7 Å². The number of hydrogen-bond donors (Lipinski definition) is 1. The summed E-state index contributed by atoms with van der Waals surface area (Å²) in [5.41, 5.74) is 2.89. The van der Waals surface area contributed by atoms with E-state index in [0.717, 1.165) is 29.4 Å². The minimum Gasteiger partial charge on any atom is -0.423 e. The first kappa shape index (κ1) is 16.3. The van der Waals surface area contributed by atoms with Gasteiger partial charge in [0, 0.05) is 43.1 Å². The van der Waals surface area contributed by atoms with Crippen LogP contribution in [-0.2, 0) is 13.6 Å². The van der Waals surface area contributed by atoms with E-state index < -0.39 is 0 Å². The maximum Gasteiger partial charge on any atom is 0.336 e. The van der Waals surface area contributed by atoms with E-state index >= 15 is 0 Å². The second-order valence-corrected chi connectivity index (χ2v) is 7.57. The molecule has 1 unspecified atom stereocenters. The van der Waals surface area contributed by atoms with Gasteiger partial charge in [0.1, 0.15) is 18.2 Å². The molecule has 0 bridgehead atoms. The standard InChI is InChI=1S/C23H22N2O2/c1-24-12-4-8-19(24)20-9-5-13-25(20)15-17-14-22(26)27-21-11-10-16-6-2-3-7-18(16)23(17)21/h2-4,6-8,10-12,14,20H,5,9,13,15H2,1H3/p+1/t20-/m1/s1. The van der Waals surface area contributed by atoms with Crippen molar-refractivity contribution in [2.45, 2.75) is 25.4 Å². The van der Waals surface area contributed by atoms with E-state index in [1.165, 1.54) is 28.8 Å². The van der Waals surface area contributed by atoms with Crippen molar-refractivity contribution in [1.29, 1.82) is 0 Å². The number of nitrogens with zero attached hydrogens (tertiary/aromatic N) is 1. The number of likely N-dealkylation sites (tertiary alicyclic amines) is 1. The largest absolute Gasteiger partial charge is 0.423 e. The van der Waals surface area contributed by atoms with Gasteiger partial charge in [-0.1, -0.05) is 30.3 Å². The molecule has 4 aromatic rings. The topological polar surface area (TPSA) is 39.6 Å². The molecule has 0 spiro atoms. The highest BCUT2D eigenvalue weighted by Crippen LogP contribution is 2.28. The highest BCUT2D eigenvalue weighted by atomic mass is 16.4. The summed E-state index contributed by atoms with van der Waals surface area (Å²) in [6.07, 6.45) is 4.52. The van der Waals surface area contributed by atoms with Crippen molar-refractivity contribution in [1.82, 2.24) is 4.57 Å². The highest BCUT2D eigenvalue weighted by Gasteiger charge is 2.32. The summed E-state index contributed by atoms with van der Waals surface area (Å²) in [6, 6.07) is 18.8. The Kier molecular flexibility index (Phi) is 3.87. The summed E-state index contributed by atoms with van der Waals surface area (Å²) in [5.74, 6) is 0. The molecule has 0 aliphatic carbocycles. The molecule has 136 valence electrons. The first-order valence-corrected chi connectivity index (χ1v) is 9.61. The van der Waals surface area contributed by atoms with E-state index in [-0.39, 0.29) is 5.63 Å². The van der Waals surface area contributed by atoms with Gasteiger partial charge in [0.25, 0.3) is 0 Å². The molecule has 0 radical (unpaired) electrons. The predicted octanol–water partition coefficient (Wildman–Crippen LogP) is 3.20. The van der Waals surface area contributed by atoms with Crippen molar-refractivity contribution in [3.05, 3.63) is 82.5 Å². The summed E-state index contributed by atoms with van der Waals surface area (Å²) < 4.78 is 7.75. The third-order valence-electron chi connectivity index (χ3n) is 5.96. The normalized spacial score (nSPS) is 19.9. The van der Waals surface area contributed by atoms with Crippen LogP contribution >= 0.6 is 0 Å². The fourth-order valence-corrected chi connectivity index (χ4v) is 4.72. The lowest BCUT2D eigenvalue weighted by Crippen LogP contribution is -3.09. The van der Waals surface area contributed by atoms with E-state index in [2.05, 4.69) is 42.1 Å². The molecule has 0 amide bonds. The zero-order valence-electron chi connectivity index (χ0n) is 15.4. The predicted molar refractivity (Wildman–Crippen MR) is 107 cm³/mol. The molecule has 1 aliphatic rings. The lowest BCUT2D eigenvalue weighted by molar-refractivity contribution is -0.932. The molecule has 1 saturated heterocycles. The Hall–Kier alpha value is -2.85. The number of aromatic nitrogens is 1. The van der Waals surface area contributed by atoms with Crippen LogP contribution in [0.3, 0.4) is 0 Å². The summed E-state index contributed by atoms with van der Waals surface area (Å²) in [6.45, 7) is 1.97. The molecule has 27 heavy (non-hydrogen) atoms. The average molecular weight is 359 g/mol. The summed E-state index contributed by atoms with van der Waals surface area (Å²) in [4.78, 5) is 13.7. The highest BCUT2D eigenvalue weighted by molar-refractivity contribution is 6.06. The maximum atomic E-state index is 12.2. The minimum atomic E-state index is -0.262. The van der Waals surface area contributed by atoms with Gasteiger partial charge >= 0.3 is 5.63 Å². The quantitative estimate of drug-likeness (QED) is 0.451. The van der Waals surface area contributed by atoms with E-state index in [1.807, 2.05) is 24.3 Å². The fraction of sp³-hybridized carbons (Fsp3) is 0.261. The second kappa shape index (κ2) is 6.39. The van der Waals surface area contributed by atoms with Crippen molar-refractivity contribution in [2.75, 3.05) is 6.54 Å². The lowest BCUT2D eigenvalue weighted by Gasteiger charge is -2.23. The molecule has 1 aliphatic heterocycles. The SMILES string of the molecule is Cn1cccc1[C@H]1CCC[NH+]1Cc1cc(=O)oc2ccc3ccccc3c12. The van der Waals surface area contributed by atoms with Crippen LogP contribution in [0.5, 0.6) is 0 Å². The molecule has 1 N–H and O–H groups in total. The Bertz CT molecular complexity index is 1190. The molecule has 0 saturated carbocycles. The number of benzene rings is 2. The summed E-state index contributed by atoms with van der Waals surface area (Å²) in [5, 5.41) is 3.41. The first-order valence-electron chi connectivity index (χ1n) is 9.61. The van der Waals surface area contributed by atoms with Crippen molar-refractivity contribution in [3.8, 4) is 0 Å². The summed E-state index contributed by atoms with van der Waals surface area (Å²) in [7, 11) is 2.12. The van der Waals surface area contributed by atoms with Crippen LogP contribution in [-0.4, -0.2) is 11.1 Å². The Morgan fingerprint density at radius 2 is 2.04 bits per heavy atom. The van der Waals surface area contributed by atoms with Crippen molar-refractivity contribution in [3.63, 3.8) is 0 Å². The maximum absolute atomic E-state index is 12.2. The zero-order valence-corrected chi connectivity index (χ0v) is 15.4. The van der Waals surface area contributed by atoms with Crippen LogP contribution in [0.2, 0.25) is 0 Å². The van der Waals surface area contributed by atoms with Crippen LogP contribution in [0.15, 0.2) is 70.0 Å². The Morgan fingerprint density at radius 3 is 2.89 bits per heavy atom. The molecular weight excluding hydrogens is 336 g/mol. The van der Waals surface area contributed by atoms with E-state index in [0.29, 0.717) is 11.6 Å². The number of fused-ring (bicyclic) bond motifs is 3. The Balaban J connectivity index is 1.63. The molecule has 1 fully saturated rings. The fourth-order valence-electron chi connectivity index (χ4n) is 4.72. The molecule has 2 aromatic heterocycles. The third-order valence-corrected chi connectivity index (χ3v) is 5.96. The first-order chi connectivity index (χ1) is 13.2. The van der Waals surface area contributed by atoms with Gasteiger partial charge < -0.3 is 13.9 Å². The number of aryl methyl sites for hydroxylation is 1. The van der Waals surface area contributed by atoms with Crippen molar-refractivity contribution in [2.24, 2.45) is 7.05 Å². The molecular formula is C23H23N2O2+. The van der Waals surface area contributed by atoms with Crippen LogP contribution < -0.4 is 10.5 Å². The van der Waals surface area contributed by atoms with Crippen molar-refractivity contribution < 1.29 is 9.32 Å². The molecule has 4 heteroatoms. The number of rotatable bonds is 3. The van der Waals surface area contributed by atoms with E-state index in [4.69, 9.17) is 4.42 Å². The molecule has 5 rings (SSSR count). The lowest BCUT2D eigenvalue weighted by atomic mass is 10.0. The number of quaternary nitrogens is 1. The third kappa shape index (κ3) is 2.77. The molecule has 2 aromatic carbocycles. The Labute approximate surface area is 157 Å². The zero-order chi connectivity index (χ0) is 18.4. The van der Waals surface area contributed by atoms with Gasteiger partial charge in [-0.2, -0.15) is 0 Å². The summed E-state index contributed by atoms with van der Waals surface area (Å²) >= 11 is 0. The van der Waals surface area contributed by atoms with Crippen LogP contribution in [0.1, 0.15) is 30.1 Å². The van der Waals surface area contributed by atoms with Gasteiger partial charge in [0.05, 0.1) is 12.2 Å². The van der Waals surface area contributed by atoms with Gasteiger partial charge in [-0.3, -0.25) is 0 Å². The number of hydrogen-bond acceptors (Lipinski definition) is 2. The van der Waals surface area contributed by atoms with Crippen LogP contribution in [0, 0.1) is 0 Å². The van der Waals surface area contributed by atoms with Gasteiger partial charge in [0.2, 0.25) is 0 Å². The van der Waals surface area contributed by atoms with Crippen LogP contribution in [0.4, 0.5) is 0 Å². The van der Waals surface area contributed by atoms with Gasteiger partial charge in [-0.05, 0) is 29.0 Å². The second-order valence-electron chi connectivity index (χ2n) is 7.57. The molecule has 2 atom stereocenters. The Morgan fingerprint density at radius 1 is 1.15 bits per heavy atom. The van der Waals surface area contributed by atoms with E-state index in [1.54, 1.807) is 6.07 Å². The van der Waals surface area contributed by atoms with Gasteiger partial charge in [0.15, 0.2) is 0 Å². The monoisotopic (exact) mass is 359 g/mol. The van der Waals surface area contributed by atoms with E-state index in [9.17, 15) is 4.79 Å². The van der Waals surface area contributed by atoms with Gasteiger partial charge in [-0.25, -0.2) is 4.79 Å². The molecule has 3 heterocycles. The molecule has 4 nitrogen and oxygen atoms in total. The minimum absolute atomic E-state index is 0.262. The number of nitrogens with one attached hydrogen (secondary N) is 1. The van der Waals surface area contributed by atoms with Crippen LogP contribution in [0.25, 0.3) is 21.7 Å². The average Bonchev–Trinajstić information content (AvgIpc) is 3.29.